The van der Waals surface area contributed by atoms with Gasteiger partial charge < -0.3 is 19.4 Å². The Morgan fingerprint density at radius 3 is 2.29 bits per heavy atom. The summed E-state index contributed by atoms with van der Waals surface area (Å²) < 4.78 is 25.7. The second-order valence-electron chi connectivity index (χ2n) is 6.24. The van der Waals surface area contributed by atoms with E-state index in [2.05, 4.69) is 5.32 Å². The molecule has 1 heterocycles. The molecule has 28 heavy (non-hydrogen) atoms. The number of amides is 1. The number of halogens is 2. The summed E-state index contributed by atoms with van der Waals surface area (Å²) in [4.78, 5) is 12.9. The summed E-state index contributed by atoms with van der Waals surface area (Å²) in [6.07, 6.45) is 0. The Labute approximate surface area is 167 Å². The predicted octanol–water partition coefficient (Wildman–Crippen LogP) is 5.16. The van der Waals surface area contributed by atoms with Crippen LogP contribution in [0.5, 0.6) is 11.5 Å². The first kappa shape index (κ1) is 19.8. The van der Waals surface area contributed by atoms with Crippen molar-refractivity contribution in [2.75, 3.05) is 19.5 Å². The van der Waals surface area contributed by atoms with E-state index in [1.54, 1.807) is 30.3 Å². The molecule has 1 amide bonds. The molecule has 1 aromatic heterocycles. The van der Waals surface area contributed by atoms with E-state index >= 15 is 0 Å². The second kappa shape index (κ2) is 7.94. The number of aromatic nitrogens is 1. The average molecular weight is 403 g/mol. The van der Waals surface area contributed by atoms with Crippen LogP contribution in [-0.4, -0.2) is 24.7 Å². The van der Waals surface area contributed by atoms with Gasteiger partial charge in [-0.25, -0.2) is 4.39 Å². The lowest BCUT2D eigenvalue weighted by Crippen LogP contribution is -2.14. The zero-order valence-electron chi connectivity index (χ0n) is 16.0. The van der Waals surface area contributed by atoms with E-state index < -0.39 is 0 Å². The highest BCUT2D eigenvalue weighted by Crippen LogP contribution is 2.36. The number of ether oxygens (including phenoxy) is 2. The van der Waals surface area contributed by atoms with Crippen molar-refractivity contribution in [1.82, 2.24) is 4.57 Å². The minimum atomic E-state index is -0.312. The Morgan fingerprint density at radius 1 is 1.04 bits per heavy atom. The maximum atomic E-state index is 13.2. The first-order chi connectivity index (χ1) is 13.3. The fourth-order valence-electron chi connectivity index (χ4n) is 3.13. The zero-order chi connectivity index (χ0) is 20.4. The highest BCUT2D eigenvalue weighted by atomic mass is 35.5. The van der Waals surface area contributed by atoms with E-state index in [1.807, 2.05) is 18.4 Å². The van der Waals surface area contributed by atoms with E-state index in [-0.39, 0.29) is 11.7 Å². The molecule has 0 aliphatic carbocycles. The first-order valence-electron chi connectivity index (χ1n) is 8.53. The van der Waals surface area contributed by atoms with E-state index in [0.29, 0.717) is 27.8 Å². The standard InChI is InChI=1S/C21H20ClFN2O3/c1-12-9-16(13(2)25(12)15-7-5-14(23)6-8-15)21(26)24-18-11-19(27-3)17(22)10-20(18)28-4/h5-11H,1-4H3,(H,24,26). The molecule has 0 radical (unpaired) electrons. The Hall–Kier alpha value is -2.99. The molecule has 146 valence electrons. The fraction of sp³-hybridized carbons (Fsp3) is 0.190. The van der Waals surface area contributed by atoms with Crippen LogP contribution in [0.25, 0.3) is 5.69 Å². The Kier molecular flexibility index (Phi) is 5.61. The van der Waals surface area contributed by atoms with Crippen LogP contribution in [0.15, 0.2) is 42.5 Å². The lowest BCUT2D eigenvalue weighted by atomic mass is 10.2. The maximum Gasteiger partial charge on any atom is 0.257 e. The van der Waals surface area contributed by atoms with Gasteiger partial charge in [0.05, 0.1) is 30.5 Å². The van der Waals surface area contributed by atoms with Crippen LogP contribution in [0.3, 0.4) is 0 Å². The van der Waals surface area contributed by atoms with Crippen LogP contribution in [0.2, 0.25) is 5.02 Å². The predicted molar refractivity (Wildman–Crippen MR) is 108 cm³/mol. The van der Waals surface area contributed by atoms with E-state index in [0.717, 1.165) is 17.1 Å². The van der Waals surface area contributed by atoms with E-state index in [4.69, 9.17) is 21.1 Å². The smallest absolute Gasteiger partial charge is 0.257 e. The normalized spacial score (nSPS) is 10.6. The van der Waals surface area contributed by atoms with Gasteiger partial charge >= 0.3 is 0 Å². The average Bonchev–Trinajstić information content (AvgIpc) is 2.98. The zero-order valence-corrected chi connectivity index (χ0v) is 16.7. The number of nitrogens with one attached hydrogen (secondary N) is 1. The van der Waals surface area contributed by atoms with Gasteiger partial charge in [-0.05, 0) is 44.2 Å². The van der Waals surface area contributed by atoms with Crippen molar-refractivity contribution in [2.45, 2.75) is 13.8 Å². The van der Waals surface area contributed by atoms with Gasteiger partial charge in [0.25, 0.3) is 5.91 Å². The number of nitrogens with zero attached hydrogens (tertiary/aromatic N) is 1. The van der Waals surface area contributed by atoms with Crippen molar-refractivity contribution in [2.24, 2.45) is 0 Å². The molecular formula is C21H20ClFN2O3. The number of hydrogen-bond donors (Lipinski definition) is 1. The third kappa shape index (κ3) is 3.68. The molecule has 3 rings (SSSR count). The lowest BCUT2D eigenvalue weighted by Gasteiger charge is -2.13. The minimum Gasteiger partial charge on any atom is -0.495 e. The monoisotopic (exact) mass is 402 g/mol. The number of rotatable bonds is 5. The molecule has 5 nitrogen and oxygen atoms in total. The summed E-state index contributed by atoms with van der Waals surface area (Å²) in [6, 6.07) is 11.1. The van der Waals surface area contributed by atoms with Crippen molar-refractivity contribution in [1.29, 1.82) is 0 Å². The highest BCUT2D eigenvalue weighted by molar-refractivity contribution is 6.32. The molecule has 0 bridgehead atoms. The Morgan fingerprint density at radius 2 is 1.68 bits per heavy atom. The van der Waals surface area contributed by atoms with Crippen LogP contribution in [-0.2, 0) is 0 Å². The molecule has 0 atom stereocenters. The minimum absolute atomic E-state index is 0.302. The molecule has 0 saturated heterocycles. The number of aryl methyl sites for hydroxylation is 1. The maximum absolute atomic E-state index is 13.2. The molecule has 0 spiro atoms. The van der Waals surface area contributed by atoms with Gasteiger partial charge in [0.2, 0.25) is 0 Å². The quantitative estimate of drug-likeness (QED) is 0.641. The lowest BCUT2D eigenvalue weighted by molar-refractivity contribution is 0.102. The van der Waals surface area contributed by atoms with Crippen LogP contribution in [0.1, 0.15) is 21.7 Å². The van der Waals surface area contributed by atoms with E-state index in [1.165, 1.54) is 26.4 Å². The van der Waals surface area contributed by atoms with Crippen LogP contribution < -0.4 is 14.8 Å². The van der Waals surface area contributed by atoms with Gasteiger partial charge in [0.1, 0.15) is 17.3 Å². The molecule has 7 heteroatoms. The number of methoxy groups -OCH3 is 2. The van der Waals surface area contributed by atoms with Crippen LogP contribution in [0.4, 0.5) is 10.1 Å². The molecule has 0 saturated carbocycles. The molecule has 1 N–H and O–H groups in total. The number of carbonyl (C=O) groups is 1. The number of anilines is 1. The molecule has 0 aliphatic heterocycles. The molecule has 0 aliphatic rings. The number of benzene rings is 2. The topological polar surface area (TPSA) is 52.5 Å². The fourth-order valence-corrected chi connectivity index (χ4v) is 3.36. The summed E-state index contributed by atoms with van der Waals surface area (Å²) in [5, 5.41) is 3.23. The third-order valence-electron chi connectivity index (χ3n) is 4.48. The van der Waals surface area contributed by atoms with Crippen LogP contribution in [0, 0.1) is 19.7 Å². The summed E-state index contributed by atoms with van der Waals surface area (Å²) in [5.74, 6) is 0.234. The Balaban J connectivity index is 1.96. The highest BCUT2D eigenvalue weighted by Gasteiger charge is 2.19. The van der Waals surface area contributed by atoms with Gasteiger partial charge in [-0.3, -0.25) is 4.79 Å². The van der Waals surface area contributed by atoms with Crippen molar-refractivity contribution in [3.05, 3.63) is 70.3 Å². The van der Waals surface area contributed by atoms with Gasteiger partial charge in [0, 0.05) is 29.2 Å². The molecule has 3 aromatic rings. The van der Waals surface area contributed by atoms with Gasteiger partial charge in [-0.1, -0.05) is 11.6 Å². The second-order valence-corrected chi connectivity index (χ2v) is 6.64. The first-order valence-corrected chi connectivity index (χ1v) is 8.91. The van der Waals surface area contributed by atoms with Gasteiger partial charge in [-0.15, -0.1) is 0 Å². The third-order valence-corrected chi connectivity index (χ3v) is 4.78. The van der Waals surface area contributed by atoms with Crippen molar-refractivity contribution in [3.63, 3.8) is 0 Å². The molecule has 2 aromatic carbocycles. The summed E-state index contributed by atoms with van der Waals surface area (Å²) in [5.41, 5.74) is 3.32. The van der Waals surface area contributed by atoms with Crippen molar-refractivity contribution >= 4 is 23.2 Å². The summed E-state index contributed by atoms with van der Waals surface area (Å²) >= 11 is 6.11. The summed E-state index contributed by atoms with van der Waals surface area (Å²) in [7, 11) is 2.99. The largest absolute Gasteiger partial charge is 0.495 e. The van der Waals surface area contributed by atoms with Gasteiger partial charge in [0.15, 0.2) is 0 Å². The van der Waals surface area contributed by atoms with Crippen LogP contribution >= 0.6 is 11.6 Å². The van der Waals surface area contributed by atoms with Crippen molar-refractivity contribution in [3.8, 4) is 17.2 Å². The molecular weight excluding hydrogens is 383 g/mol. The SMILES string of the molecule is COc1cc(NC(=O)c2cc(C)n(-c3ccc(F)cc3)c2C)c(OC)cc1Cl. The van der Waals surface area contributed by atoms with Gasteiger partial charge in [-0.2, -0.15) is 0 Å². The Bertz CT molecular complexity index is 1030. The summed E-state index contributed by atoms with van der Waals surface area (Å²) in [6.45, 7) is 3.73. The van der Waals surface area contributed by atoms with Crippen molar-refractivity contribution < 1.29 is 18.7 Å². The molecule has 0 fully saturated rings. The van der Waals surface area contributed by atoms with E-state index in [9.17, 15) is 9.18 Å². The molecule has 0 unspecified atom stereocenters. The number of hydrogen-bond acceptors (Lipinski definition) is 3. The number of carbonyl (C=O) groups excluding carboxylic acids is 1.